The third-order valence-corrected chi connectivity index (χ3v) is 2.13. The summed E-state index contributed by atoms with van der Waals surface area (Å²) in [7, 11) is 2.77. The van der Waals surface area contributed by atoms with Crippen molar-refractivity contribution in [3.05, 3.63) is 35.9 Å². The van der Waals surface area contributed by atoms with E-state index in [4.69, 9.17) is 15.2 Å². The standard InChI is InChI=1S/C10H15NO3/c1-13-10(11,14-2)9(12)8-6-4-3-5-7-8/h3-7,9,12H,11H2,1-2H3. The predicted octanol–water partition coefficient (Wildman–Crippen LogP) is 0.625. The third kappa shape index (κ3) is 2.10. The van der Waals surface area contributed by atoms with E-state index in [1.807, 2.05) is 18.2 Å². The van der Waals surface area contributed by atoms with E-state index in [-0.39, 0.29) is 0 Å². The Morgan fingerprint density at radius 3 is 2.14 bits per heavy atom. The van der Waals surface area contributed by atoms with Crippen LogP contribution in [-0.2, 0) is 9.47 Å². The highest BCUT2D eigenvalue weighted by Crippen LogP contribution is 2.24. The van der Waals surface area contributed by atoms with Gasteiger partial charge < -0.3 is 14.6 Å². The lowest BCUT2D eigenvalue weighted by Gasteiger charge is -2.30. The van der Waals surface area contributed by atoms with Crippen molar-refractivity contribution in [2.24, 2.45) is 5.73 Å². The van der Waals surface area contributed by atoms with Gasteiger partial charge in [0.25, 0.3) is 5.91 Å². The second-order valence-corrected chi connectivity index (χ2v) is 2.94. The van der Waals surface area contributed by atoms with Crippen LogP contribution in [0.2, 0.25) is 0 Å². The monoisotopic (exact) mass is 197 g/mol. The molecule has 1 rings (SSSR count). The van der Waals surface area contributed by atoms with Gasteiger partial charge in [0.15, 0.2) is 0 Å². The van der Waals surface area contributed by atoms with Gasteiger partial charge in [-0.15, -0.1) is 0 Å². The van der Waals surface area contributed by atoms with Gasteiger partial charge in [-0.2, -0.15) is 0 Å². The molecule has 4 heteroatoms. The summed E-state index contributed by atoms with van der Waals surface area (Å²) < 4.78 is 9.82. The summed E-state index contributed by atoms with van der Waals surface area (Å²) in [6, 6.07) is 8.98. The van der Waals surface area contributed by atoms with Crippen LogP contribution >= 0.6 is 0 Å². The van der Waals surface area contributed by atoms with Crippen LogP contribution in [0.3, 0.4) is 0 Å². The first-order valence-electron chi connectivity index (χ1n) is 4.26. The molecule has 14 heavy (non-hydrogen) atoms. The van der Waals surface area contributed by atoms with Crippen molar-refractivity contribution < 1.29 is 14.6 Å². The fourth-order valence-corrected chi connectivity index (χ4v) is 1.17. The molecule has 78 valence electrons. The zero-order valence-electron chi connectivity index (χ0n) is 8.31. The van der Waals surface area contributed by atoms with Crippen LogP contribution < -0.4 is 5.73 Å². The first-order chi connectivity index (χ1) is 6.64. The van der Waals surface area contributed by atoms with Gasteiger partial charge in [-0.25, -0.2) is 0 Å². The lowest BCUT2D eigenvalue weighted by molar-refractivity contribution is -0.258. The van der Waals surface area contributed by atoms with Gasteiger partial charge in [0.2, 0.25) is 0 Å². The smallest absolute Gasteiger partial charge is 0.256 e. The molecule has 0 bridgehead atoms. The van der Waals surface area contributed by atoms with Crippen molar-refractivity contribution in [1.82, 2.24) is 0 Å². The fourth-order valence-electron chi connectivity index (χ4n) is 1.17. The molecule has 0 saturated heterocycles. The van der Waals surface area contributed by atoms with Crippen LogP contribution in [0.15, 0.2) is 30.3 Å². The summed E-state index contributed by atoms with van der Waals surface area (Å²) in [5.74, 6) is -1.50. The summed E-state index contributed by atoms with van der Waals surface area (Å²) in [4.78, 5) is 0. The Bertz CT molecular complexity index is 272. The fraction of sp³-hybridized carbons (Fsp3) is 0.400. The quantitative estimate of drug-likeness (QED) is 0.695. The Labute approximate surface area is 83.3 Å². The van der Waals surface area contributed by atoms with E-state index in [1.54, 1.807) is 12.1 Å². The summed E-state index contributed by atoms with van der Waals surface area (Å²) in [6.45, 7) is 0. The number of aliphatic hydroxyl groups excluding tert-OH is 1. The second-order valence-electron chi connectivity index (χ2n) is 2.94. The number of hydrogen-bond acceptors (Lipinski definition) is 4. The Kier molecular flexibility index (Phi) is 3.60. The average molecular weight is 197 g/mol. The van der Waals surface area contributed by atoms with Gasteiger partial charge in [0, 0.05) is 14.2 Å². The minimum atomic E-state index is -1.50. The Morgan fingerprint density at radius 1 is 1.21 bits per heavy atom. The molecule has 0 aliphatic carbocycles. The number of rotatable bonds is 4. The van der Waals surface area contributed by atoms with Crippen LogP contribution in [0, 0.1) is 0 Å². The maximum absolute atomic E-state index is 9.86. The van der Waals surface area contributed by atoms with Gasteiger partial charge >= 0.3 is 0 Å². The van der Waals surface area contributed by atoms with E-state index in [0.29, 0.717) is 5.56 Å². The molecule has 0 heterocycles. The minimum Gasteiger partial charge on any atom is -0.381 e. The summed E-state index contributed by atoms with van der Waals surface area (Å²) >= 11 is 0. The molecule has 0 fully saturated rings. The van der Waals surface area contributed by atoms with E-state index < -0.39 is 12.0 Å². The molecular formula is C10H15NO3. The van der Waals surface area contributed by atoms with Gasteiger partial charge in [0.05, 0.1) is 0 Å². The molecule has 1 aromatic carbocycles. The topological polar surface area (TPSA) is 64.7 Å². The Hall–Kier alpha value is -0.940. The van der Waals surface area contributed by atoms with E-state index in [2.05, 4.69) is 0 Å². The molecule has 1 unspecified atom stereocenters. The molecule has 4 nitrogen and oxygen atoms in total. The van der Waals surface area contributed by atoms with Gasteiger partial charge in [-0.3, -0.25) is 5.73 Å². The number of aliphatic hydroxyl groups is 1. The SMILES string of the molecule is COC(N)(OC)C(O)c1ccccc1. The molecule has 0 saturated carbocycles. The third-order valence-electron chi connectivity index (χ3n) is 2.13. The number of methoxy groups -OCH3 is 2. The minimum absolute atomic E-state index is 0.652. The molecular weight excluding hydrogens is 182 g/mol. The van der Waals surface area contributed by atoms with Gasteiger partial charge in [-0.05, 0) is 5.56 Å². The van der Waals surface area contributed by atoms with Crippen molar-refractivity contribution in [1.29, 1.82) is 0 Å². The molecule has 0 aliphatic rings. The van der Waals surface area contributed by atoms with Crippen LogP contribution in [0.5, 0.6) is 0 Å². The summed E-state index contributed by atoms with van der Waals surface area (Å²) in [5, 5.41) is 9.86. The summed E-state index contributed by atoms with van der Waals surface area (Å²) in [6.07, 6.45) is -1.02. The Morgan fingerprint density at radius 2 is 1.71 bits per heavy atom. The molecule has 3 N–H and O–H groups in total. The number of ether oxygens (including phenoxy) is 2. The zero-order valence-corrected chi connectivity index (χ0v) is 8.31. The van der Waals surface area contributed by atoms with Crippen molar-refractivity contribution in [3.8, 4) is 0 Å². The van der Waals surface area contributed by atoms with Crippen molar-refractivity contribution in [2.75, 3.05) is 14.2 Å². The van der Waals surface area contributed by atoms with E-state index in [0.717, 1.165) is 0 Å². The number of nitrogens with two attached hydrogens (primary N) is 1. The Balaban J connectivity index is 2.89. The second kappa shape index (κ2) is 4.52. The largest absolute Gasteiger partial charge is 0.381 e. The van der Waals surface area contributed by atoms with Crippen molar-refractivity contribution in [2.45, 2.75) is 12.0 Å². The molecule has 0 amide bonds. The predicted molar refractivity (Wildman–Crippen MR) is 52.3 cm³/mol. The molecule has 0 spiro atoms. The molecule has 0 aliphatic heterocycles. The van der Waals surface area contributed by atoms with Gasteiger partial charge in [0.1, 0.15) is 6.10 Å². The highest BCUT2D eigenvalue weighted by Gasteiger charge is 2.34. The van der Waals surface area contributed by atoms with Crippen molar-refractivity contribution >= 4 is 0 Å². The molecule has 0 aromatic heterocycles. The van der Waals surface area contributed by atoms with E-state index >= 15 is 0 Å². The molecule has 0 radical (unpaired) electrons. The van der Waals surface area contributed by atoms with Crippen LogP contribution in [0.1, 0.15) is 11.7 Å². The lowest BCUT2D eigenvalue weighted by atomic mass is 10.1. The first-order valence-corrected chi connectivity index (χ1v) is 4.26. The number of hydrogen-bond donors (Lipinski definition) is 2. The van der Waals surface area contributed by atoms with Crippen LogP contribution in [0.4, 0.5) is 0 Å². The first kappa shape index (κ1) is 11.1. The molecule has 1 atom stereocenters. The van der Waals surface area contributed by atoms with E-state index in [9.17, 15) is 5.11 Å². The van der Waals surface area contributed by atoms with Gasteiger partial charge in [-0.1, -0.05) is 30.3 Å². The van der Waals surface area contributed by atoms with Crippen LogP contribution in [-0.4, -0.2) is 25.2 Å². The normalized spacial score (nSPS) is 14.0. The maximum Gasteiger partial charge on any atom is 0.256 e. The highest BCUT2D eigenvalue weighted by atomic mass is 16.7. The zero-order chi connectivity index (χ0) is 10.6. The number of benzene rings is 1. The molecule has 1 aromatic rings. The highest BCUT2D eigenvalue weighted by molar-refractivity contribution is 5.18. The van der Waals surface area contributed by atoms with Crippen molar-refractivity contribution in [3.63, 3.8) is 0 Å². The lowest BCUT2D eigenvalue weighted by Crippen LogP contribution is -2.49. The van der Waals surface area contributed by atoms with E-state index in [1.165, 1.54) is 14.2 Å². The maximum atomic E-state index is 9.86. The summed E-state index contributed by atoms with van der Waals surface area (Å²) in [5.41, 5.74) is 6.33. The van der Waals surface area contributed by atoms with Crippen LogP contribution in [0.25, 0.3) is 0 Å². The average Bonchev–Trinajstić information content (AvgIpc) is 2.28.